The van der Waals surface area contributed by atoms with Gasteiger partial charge in [-0.25, -0.2) is 0 Å². The third-order valence-corrected chi connectivity index (χ3v) is 3.01. The Morgan fingerprint density at radius 3 is 2.44 bits per heavy atom. The third-order valence-electron chi connectivity index (χ3n) is 3.01. The van der Waals surface area contributed by atoms with Crippen molar-refractivity contribution in [2.45, 2.75) is 58.2 Å². The molecule has 0 saturated carbocycles. The summed E-state index contributed by atoms with van der Waals surface area (Å²) in [7, 11) is 1.64. The normalized spacial score (nSPS) is 12.8. The molecule has 0 amide bonds. The lowest BCUT2D eigenvalue weighted by atomic mass is 10.1. The summed E-state index contributed by atoms with van der Waals surface area (Å²) in [6.07, 6.45) is 10.3. The van der Waals surface area contributed by atoms with Gasteiger partial charge in [-0.3, -0.25) is 0 Å². The molecule has 1 rings (SSSR count). The lowest BCUT2D eigenvalue weighted by Gasteiger charge is -2.13. The van der Waals surface area contributed by atoms with Crippen molar-refractivity contribution in [3.63, 3.8) is 0 Å². The maximum Gasteiger partial charge on any atom is 0.216 e. The highest BCUT2D eigenvalue weighted by atomic mass is 16.7. The maximum absolute atomic E-state index is 5.65. The van der Waals surface area contributed by atoms with Crippen LogP contribution in [0.2, 0.25) is 0 Å². The fourth-order valence-corrected chi connectivity index (χ4v) is 1.94. The van der Waals surface area contributed by atoms with Crippen LogP contribution in [0.5, 0.6) is 0 Å². The first-order valence-electron chi connectivity index (χ1n) is 7.06. The molecule has 1 unspecified atom stereocenters. The van der Waals surface area contributed by atoms with Crippen LogP contribution in [-0.4, -0.2) is 13.7 Å². The van der Waals surface area contributed by atoms with Gasteiger partial charge in [-0.15, -0.1) is 0 Å². The quantitative estimate of drug-likeness (QED) is 0.424. The molecule has 0 aliphatic rings. The molecule has 1 atom stereocenters. The molecule has 0 radical (unpaired) electrons. The molecular weight excluding hydrogens is 228 g/mol. The van der Waals surface area contributed by atoms with E-state index in [-0.39, 0.29) is 6.29 Å². The molecule has 0 bridgehead atoms. The van der Waals surface area contributed by atoms with Crippen LogP contribution in [0.3, 0.4) is 0 Å². The monoisotopic (exact) mass is 254 g/mol. The molecule has 0 fully saturated rings. The van der Waals surface area contributed by atoms with Crippen LogP contribution < -0.4 is 0 Å². The SMILES string of the molecule is CCCCCCCCCOC(OC)c1ccco1. The van der Waals surface area contributed by atoms with Gasteiger partial charge in [0, 0.05) is 7.11 Å². The largest absolute Gasteiger partial charge is 0.464 e. The third kappa shape index (κ3) is 6.22. The Balaban J connectivity index is 1.99. The lowest BCUT2D eigenvalue weighted by Crippen LogP contribution is -2.06. The number of furan rings is 1. The van der Waals surface area contributed by atoms with E-state index in [0.717, 1.165) is 18.8 Å². The van der Waals surface area contributed by atoms with Gasteiger partial charge in [0.1, 0.15) is 0 Å². The van der Waals surface area contributed by atoms with E-state index in [2.05, 4.69) is 6.92 Å². The van der Waals surface area contributed by atoms with E-state index in [1.54, 1.807) is 13.4 Å². The highest BCUT2D eigenvalue weighted by Gasteiger charge is 2.12. The average Bonchev–Trinajstić information content (AvgIpc) is 2.91. The summed E-state index contributed by atoms with van der Waals surface area (Å²) in [5.41, 5.74) is 0. The summed E-state index contributed by atoms with van der Waals surface area (Å²) in [4.78, 5) is 0. The van der Waals surface area contributed by atoms with E-state index < -0.39 is 0 Å². The Kier molecular flexibility index (Phi) is 8.61. The highest BCUT2D eigenvalue weighted by Crippen LogP contribution is 2.19. The molecule has 18 heavy (non-hydrogen) atoms. The van der Waals surface area contributed by atoms with Gasteiger partial charge >= 0.3 is 0 Å². The van der Waals surface area contributed by atoms with Crippen LogP contribution >= 0.6 is 0 Å². The van der Waals surface area contributed by atoms with Gasteiger partial charge in [0.15, 0.2) is 5.76 Å². The van der Waals surface area contributed by atoms with Crippen molar-refractivity contribution in [3.05, 3.63) is 24.2 Å². The minimum atomic E-state index is -0.361. The first-order chi connectivity index (χ1) is 8.88. The molecule has 0 saturated heterocycles. The van der Waals surface area contributed by atoms with Crippen molar-refractivity contribution in [2.24, 2.45) is 0 Å². The molecule has 0 spiro atoms. The number of methoxy groups -OCH3 is 1. The van der Waals surface area contributed by atoms with Crippen LogP contribution in [0.15, 0.2) is 22.8 Å². The fraction of sp³-hybridized carbons (Fsp3) is 0.733. The van der Waals surface area contributed by atoms with Gasteiger partial charge < -0.3 is 13.9 Å². The van der Waals surface area contributed by atoms with E-state index in [9.17, 15) is 0 Å². The number of rotatable bonds is 11. The van der Waals surface area contributed by atoms with Crippen molar-refractivity contribution in [2.75, 3.05) is 13.7 Å². The van der Waals surface area contributed by atoms with Crippen molar-refractivity contribution in [1.29, 1.82) is 0 Å². The molecule has 3 nitrogen and oxygen atoms in total. The van der Waals surface area contributed by atoms with Gasteiger partial charge in [0.25, 0.3) is 0 Å². The fourth-order valence-electron chi connectivity index (χ4n) is 1.94. The molecule has 0 aliphatic carbocycles. The second-order valence-electron chi connectivity index (χ2n) is 4.58. The highest BCUT2D eigenvalue weighted by molar-refractivity contribution is 4.99. The van der Waals surface area contributed by atoms with Gasteiger partial charge in [-0.05, 0) is 18.6 Å². The van der Waals surface area contributed by atoms with Crippen LogP contribution in [-0.2, 0) is 9.47 Å². The first-order valence-corrected chi connectivity index (χ1v) is 7.06. The van der Waals surface area contributed by atoms with Crippen LogP contribution in [0.4, 0.5) is 0 Å². The summed E-state index contributed by atoms with van der Waals surface area (Å²) in [5, 5.41) is 0. The maximum atomic E-state index is 5.65. The van der Waals surface area contributed by atoms with E-state index >= 15 is 0 Å². The molecular formula is C15H26O3. The van der Waals surface area contributed by atoms with Crippen LogP contribution in [0.1, 0.15) is 63.9 Å². The second-order valence-corrected chi connectivity index (χ2v) is 4.58. The number of hydrogen-bond acceptors (Lipinski definition) is 3. The Morgan fingerprint density at radius 1 is 1.11 bits per heavy atom. The number of ether oxygens (including phenoxy) is 2. The minimum absolute atomic E-state index is 0.361. The first kappa shape index (κ1) is 15.3. The van der Waals surface area contributed by atoms with E-state index in [1.165, 1.54) is 38.5 Å². The summed E-state index contributed by atoms with van der Waals surface area (Å²) in [6.45, 7) is 2.97. The smallest absolute Gasteiger partial charge is 0.216 e. The Bertz CT molecular complexity index is 269. The standard InChI is InChI=1S/C15H26O3/c1-3-4-5-6-7-8-9-12-18-15(16-2)14-11-10-13-17-14/h10-11,13,15H,3-9,12H2,1-2H3. The molecule has 1 aromatic rings. The Morgan fingerprint density at radius 2 is 1.83 bits per heavy atom. The van der Waals surface area contributed by atoms with Crippen molar-refractivity contribution < 1.29 is 13.9 Å². The molecule has 0 aliphatic heterocycles. The minimum Gasteiger partial charge on any atom is -0.464 e. The van der Waals surface area contributed by atoms with E-state index in [4.69, 9.17) is 13.9 Å². The molecule has 3 heteroatoms. The summed E-state index contributed by atoms with van der Waals surface area (Å²) in [5.74, 6) is 0.737. The summed E-state index contributed by atoms with van der Waals surface area (Å²) in [6, 6.07) is 3.72. The molecule has 1 aromatic heterocycles. The zero-order valence-corrected chi connectivity index (χ0v) is 11.7. The Hall–Kier alpha value is -0.800. The lowest BCUT2D eigenvalue weighted by molar-refractivity contribution is -0.139. The van der Waals surface area contributed by atoms with E-state index in [1.807, 2.05) is 12.1 Å². The number of unbranched alkanes of at least 4 members (excludes halogenated alkanes) is 6. The zero-order chi connectivity index (χ0) is 13.1. The summed E-state index contributed by atoms with van der Waals surface area (Å²) >= 11 is 0. The van der Waals surface area contributed by atoms with Gasteiger partial charge in [0.05, 0.1) is 12.9 Å². The predicted octanol–water partition coefficient (Wildman–Crippen LogP) is 4.69. The molecule has 104 valence electrons. The van der Waals surface area contributed by atoms with E-state index in [0.29, 0.717) is 0 Å². The van der Waals surface area contributed by atoms with Crippen molar-refractivity contribution in [3.8, 4) is 0 Å². The van der Waals surface area contributed by atoms with Crippen LogP contribution in [0, 0.1) is 0 Å². The Labute approximate surface area is 110 Å². The average molecular weight is 254 g/mol. The van der Waals surface area contributed by atoms with Crippen molar-refractivity contribution in [1.82, 2.24) is 0 Å². The topological polar surface area (TPSA) is 31.6 Å². The zero-order valence-electron chi connectivity index (χ0n) is 11.7. The second kappa shape index (κ2) is 10.2. The van der Waals surface area contributed by atoms with Crippen LogP contribution in [0.25, 0.3) is 0 Å². The predicted molar refractivity (Wildman–Crippen MR) is 72.4 cm³/mol. The van der Waals surface area contributed by atoms with Gasteiger partial charge in [0.2, 0.25) is 6.29 Å². The van der Waals surface area contributed by atoms with Gasteiger partial charge in [-0.1, -0.05) is 45.4 Å². The van der Waals surface area contributed by atoms with Gasteiger partial charge in [-0.2, -0.15) is 0 Å². The number of hydrogen-bond donors (Lipinski definition) is 0. The van der Waals surface area contributed by atoms with Crippen molar-refractivity contribution >= 4 is 0 Å². The molecule has 1 heterocycles. The molecule has 0 aromatic carbocycles. The summed E-state index contributed by atoms with van der Waals surface area (Å²) < 4.78 is 16.1. The molecule has 0 N–H and O–H groups in total.